The molecule has 13 heteroatoms. The maximum absolute atomic E-state index is 12.0. The molecule has 0 unspecified atom stereocenters. The van der Waals surface area contributed by atoms with Crippen molar-refractivity contribution in [2.45, 2.75) is 50.8 Å². The van der Waals surface area contributed by atoms with Crippen LogP contribution in [0.25, 0.3) is 11.2 Å². The standard InChI is InChI=1S/C18H26N6O6S/c1-3-29-18(28)10(23-9(2)25)4-5-31-6-11-13(26)14(27)17(30-11)24-8-22-12-15(19)20-7-21-16(12)24/h7-8,10-11,13-14,17,26-27H,3-6H2,1-2H3,(H,23,25)(H2,19,20,21)/t10-,11+,13+,14+,17+/m0/s1. The Morgan fingerprint density at radius 3 is 2.84 bits per heavy atom. The first-order valence-corrected chi connectivity index (χ1v) is 10.9. The van der Waals surface area contributed by atoms with Gasteiger partial charge in [-0.15, -0.1) is 0 Å². The van der Waals surface area contributed by atoms with E-state index in [2.05, 4.69) is 20.3 Å². The molecular weight excluding hydrogens is 428 g/mol. The molecule has 0 spiro atoms. The molecule has 1 aliphatic heterocycles. The molecule has 0 aliphatic carbocycles. The summed E-state index contributed by atoms with van der Waals surface area (Å²) >= 11 is 1.43. The molecule has 1 fully saturated rings. The number of imidazole rings is 1. The van der Waals surface area contributed by atoms with E-state index in [9.17, 15) is 19.8 Å². The number of fused-ring (bicyclic) bond motifs is 1. The highest BCUT2D eigenvalue weighted by Gasteiger charge is 2.44. The van der Waals surface area contributed by atoms with Gasteiger partial charge in [0.05, 0.1) is 19.0 Å². The van der Waals surface area contributed by atoms with Gasteiger partial charge >= 0.3 is 5.97 Å². The maximum Gasteiger partial charge on any atom is 0.328 e. The SMILES string of the molecule is CCOC(=O)[C@H](CCSC[C@H]1O[C@@H](n2cnc3c(N)ncnc32)[C@H](O)[C@@H]1O)NC(C)=O. The number of thioether (sulfide) groups is 1. The molecule has 1 aliphatic rings. The normalized spacial score (nSPS) is 24.3. The van der Waals surface area contributed by atoms with Crippen LogP contribution in [0.15, 0.2) is 12.7 Å². The monoisotopic (exact) mass is 454 g/mol. The van der Waals surface area contributed by atoms with E-state index in [-0.39, 0.29) is 18.3 Å². The van der Waals surface area contributed by atoms with Crippen molar-refractivity contribution in [2.24, 2.45) is 0 Å². The van der Waals surface area contributed by atoms with Gasteiger partial charge in [-0.25, -0.2) is 19.7 Å². The predicted molar refractivity (Wildman–Crippen MR) is 112 cm³/mol. The summed E-state index contributed by atoms with van der Waals surface area (Å²) < 4.78 is 12.4. The second kappa shape index (κ2) is 10.2. The number of hydrogen-bond acceptors (Lipinski definition) is 11. The van der Waals surface area contributed by atoms with Gasteiger partial charge < -0.3 is 30.7 Å². The minimum absolute atomic E-state index is 0.208. The number of nitrogen functional groups attached to an aromatic ring is 1. The van der Waals surface area contributed by atoms with Crippen molar-refractivity contribution in [3.8, 4) is 0 Å². The van der Waals surface area contributed by atoms with Crippen LogP contribution in [-0.2, 0) is 19.1 Å². The van der Waals surface area contributed by atoms with Gasteiger partial charge in [-0.3, -0.25) is 9.36 Å². The van der Waals surface area contributed by atoms with Gasteiger partial charge in [-0.1, -0.05) is 0 Å². The lowest BCUT2D eigenvalue weighted by Gasteiger charge is -2.17. The van der Waals surface area contributed by atoms with E-state index >= 15 is 0 Å². The Morgan fingerprint density at radius 2 is 2.13 bits per heavy atom. The zero-order chi connectivity index (χ0) is 22.5. The number of rotatable bonds is 9. The molecule has 5 N–H and O–H groups in total. The molecule has 0 bridgehead atoms. The molecule has 2 aromatic rings. The van der Waals surface area contributed by atoms with Crippen LogP contribution in [0.5, 0.6) is 0 Å². The number of ether oxygens (including phenoxy) is 2. The van der Waals surface area contributed by atoms with E-state index in [1.54, 1.807) is 6.92 Å². The Morgan fingerprint density at radius 1 is 1.35 bits per heavy atom. The molecule has 3 rings (SSSR count). The predicted octanol–water partition coefficient (Wildman–Crippen LogP) is -0.781. The van der Waals surface area contributed by atoms with Crippen LogP contribution in [-0.4, -0.2) is 84.1 Å². The van der Waals surface area contributed by atoms with E-state index in [0.717, 1.165) is 0 Å². The van der Waals surface area contributed by atoms with Crippen LogP contribution in [0.3, 0.4) is 0 Å². The highest BCUT2D eigenvalue weighted by Crippen LogP contribution is 2.33. The Hall–Kier alpha value is -2.48. The molecule has 2 aromatic heterocycles. The van der Waals surface area contributed by atoms with Gasteiger partial charge in [0.2, 0.25) is 5.91 Å². The van der Waals surface area contributed by atoms with Crippen molar-refractivity contribution < 1.29 is 29.3 Å². The first-order valence-electron chi connectivity index (χ1n) is 9.79. The molecule has 1 saturated heterocycles. The van der Waals surface area contributed by atoms with Gasteiger partial charge in [0.1, 0.15) is 30.1 Å². The van der Waals surface area contributed by atoms with E-state index in [1.165, 1.54) is 35.9 Å². The third kappa shape index (κ3) is 5.23. The summed E-state index contributed by atoms with van der Waals surface area (Å²) in [5.41, 5.74) is 6.57. The first kappa shape index (κ1) is 23.2. The van der Waals surface area contributed by atoms with E-state index < -0.39 is 36.6 Å². The molecule has 0 radical (unpaired) electrons. The number of amides is 1. The van der Waals surface area contributed by atoms with Crippen molar-refractivity contribution in [1.82, 2.24) is 24.8 Å². The summed E-state index contributed by atoms with van der Waals surface area (Å²) in [5.74, 6) is 0.280. The summed E-state index contributed by atoms with van der Waals surface area (Å²) in [6.07, 6.45) is -0.759. The van der Waals surface area contributed by atoms with Gasteiger partial charge in [0, 0.05) is 12.7 Å². The van der Waals surface area contributed by atoms with Crippen LogP contribution in [0.1, 0.15) is 26.5 Å². The summed E-state index contributed by atoms with van der Waals surface area (Å²) in [7, 11) is 0. The lowest BCUT2D eigenvalue weighted by Crippen LogP contribution is -2.41. The van der Waals surface area contributed by atoms with Gasteiger partial charge in [-0.2, -0.15) is 11.8 Å². The van der Waals surface area contributed by atoms with Crippen molar-refractivity contribution in [2.75, 3.05) is 23.8 Å². The number of anilines is 1. The number of esters is 1. The van der Waals surface area contributed by atoms with Crippen LogP contribution >= 0.6 is 11.8 Å². The number of aromatic nitrogens is 4. The largest absolute Gasteiger partial charge is 0.464 e. The lowest BCUT2D eigenvalue weighted by molar-refractivity contribution is -0.147. The quantitative estimate of drug-likeness (QED) is 0.276. The molecular formula is C18H26N6O6S. The number of nitrogens with one attached hydrogen (secondary N) is 1. The van der Waals surface area contributed by atoms with E-state index in [1.807, 2.05) is 0 Å². The summed E-state index contributed by atoms with van der Waals surface area (Å²) in [6, 6.07) is -0.736. The molecule has 1 amide bonds. The van der Waals surface area contributed by atoms with Crippen molar-refractivity contribution in [3.63, 3.8) is 0 Å². The Labute approximate surface area is 182 Å². The van der Waals surface area contributed by atoms with Crippen LogP contribution in [0.2, 0.25) is 0 Å². The lowest BCUT2D eigenvalue weighted by atomic mass is 10.1. The molecule has 5 atom stereocenters. The fraction of sp³-hybridized carbons (Fsp3) is 0.611. The number of carbonyl (C=O) groups excluding carboxylic acids is 2. The highest BCUT2D eigenvalue weighted by atomic mass is 32.2. The van der Waals surface area contributed by atoms with Gasteiger partial charge in [-0.05, 0) is 19.1 Å². The number of carbonyl (C=O) groups is 2. The Kier molecular flexibility index (Phi) is 7.64. The van der Waals surface area contributed by atoms with Gasteiger partial charge in [0.15, 0.2) is 17.7 Å². The molecule has 31 heavy (non-hydrogen) atoms. The smallest absolute Gasteiger partial charge is 0.328 e. The topological polar surface area (TPSA) is 175 Å². The second-order valence-electron chi connectivity index (χ2n) is 7.00. The minimum atomic E-state index is -1.19. The summed E-state index contributed by atoms with van der Waals surface area (Å²) in [4.78, 5) is 35.4. The van der Waals surface area contributed by atoms with Crippen molar-refractivity contribution >= 4 is 40.6 Å². The summed E-state index contributed by atoms with van der Waals surface area (Å²) in [6.45, 7) is 3.26. The highest BCUT2D eigenvalue weighted by molar-refractivity contribution is 7.99. The molecule has 170 valence electrons. The van der Waals surface area contributed by atoms with Crippen molar-refractivity contribution in [3.05, 3.63) is 12.7 Å². The third-order valence-corrected chi connectivity index (χ3v) is 5.87. The van der Waals surface area contributed by atoms with Crippen LogP contribution in [0, 0.1) is 0 Å². The number of nitrogens with two attached hydrogens (primary N) is 1. The zero-order valence-corrected chi connectivity index (χ0v) is 18.0. The van der Waals surface area contributed by atoms with Gasteiger partial charge in [0.25, 0.3) is 0 Å². The second-order valence-corrected chi connectivity index (χ2v) is 8.15. The number of aliphatic hydroxyl groups excluding tert-OH is 2. The Bertz CT molecular complexity index is 926. The van der Waals surface area contributed by atoms with Crippen LogP contribution < -0.4 is 11.1 Å². The zero-order valence-electron chi connectivity index (χ0n) is 17.2. The maximum atomic E-state index is 12.0. The molecule has 0 aromatic carbocycles. The van der Waals surface area contributed by atoms with E-state index in [0.29, 0.717) is 29.1 Å². The minimum Gasteiger partial charge on any atom is -0.464 e. The fourth-order valence-electron chi connectivity index (χ4n) is 3.29. The number of nitrogens with zero attached hydrogens (tertiary/aromatic N) is 4. The Balaban J connectivity index is 1.57. The van der Waals surface area contributed by atoms with E-state index in [4.69, 9.17) is 15.2 Å². The summed E-state index contributed by atoms with van der Waals surface area (Å²) in [5, 5.41) is 23.5. The third-order valence-electron chi connectivity index (χ3n) is 4.78. The number of hydrogen-bond donors (Lipinski definition) is 4. The molecule has 0 saturated carbocycles. The van der Waals surface area contributed by atoms with Crippen molar-refractivity contribution in [1.29, 1.82) is 0 Å². The molecule has 12 nitrogen and oxygen atoms in total. The fourth-order valence-corrected chi connectivity index (χ4v) is 4.37. The first-order chi connectivity index (χ1) is 14.8. The number of aliphatic hydroxyl groups is 2. The average Bonchev–Trinajstić information content (AvgIpc) is 3.27. The molecule has 3 heterocycles. The average molecular weight is 455 g/mol. The van der Waals surface area contributed by atoms with Crippen LogP contribution in [0.4, 0.5) is 5.82 Å².